The number of pyridine rings is 1. The van der Waals surface area contributed by atoms with Crippen molar-refractivity contribution in [3.8, 4) is 0 Å². The quantitative estimate of drug-likeness (QED) is 0.730. The van der Waals surface area contributed by atoms with Gasteiger partial charge in [-0.25, -0.2) is 15.0 Å². The zero-order valence-corrected chi connectivity index (χ0v) is 14.2. The van der Waals surface area contributed by atoms with Gasteiger partial charge in [-0.1, -0.05) is 0 Å². The Morgan fingerprint density at radius 1 is 1.22 bits per heavy atom. The van der Waals surface area contributed by atoms with E-state index in [2.05, 4.69) is 30.2 Å². The van der Waals surface area contributed by atoms with Crippen LogP contribution >= 0.6 is 0 Å². The Morgan fingerprint density at radius 3 is 2.63 bits per heavy atom. The summed E-state index contributed by atoms with van der Waals surface area (Å²) in [5.41, 5.74) is 0.393. The maximum Gasteiger partial charge on any atom is 0.433 e. The number of fused-ring (bicyclic) bond motifs is 1. The van der Waals surface area contributed by atoms with E-state index in [1.807, 2.05) is 0 Å². The van der Waals surface area contributed by atoms with Crippen molar-refractivity contribution in [1.82, 2.24) is 30.2 Å². The molecular weight excluding hydrogens is 361 g/mol. The van der Waals surface area contributed by atoms with Gasteiger partial charge in [0.2, 0.25) is 0 Å². The van der Waals surface area contributed by atoms with Gasteiger partial charge in [0.25, 0.3) is 5.91 Å². The number of carbonyl (C=O) groups excluding carboxylic acids is 1. The van der Waals surface area contributed by atoms with Crippen molar-refractivity contribution >= 4 is 16.9 Å². The molecule has 1 aliphatic rings. The van der Waals surface area contributed by atoms with E-state index in [4.69, 9.17) is 0 Å². The first-order valence-electron chi connectivity index (χ1n) is 8.33. The van der Waals surface area contributed by atoms with Crippen LogP contribution in [0.5, 0.6) is 0 Å². The van der Waals surface area contributed by atoms with Gasteiger partial charge < -0.3 is 10.3 Å². The van der Waals surface area contributed by atoms with Crippen LogP contribution in [0.2, 0.25) is 0 Å². The summed E-state index contributed by atoms with van der Waals surface area (Å²) in [6, 6.07) is 0.453. The molecule has 0 aliphatic heterocycles. The summed E-state index contributed by atoms with van der Waals surface area (Å²) >= 11 is 0. The molecule has 3 aromatic heterocycles. The number of amides is 1. The molecule has 1 aliphatic carbocycles. The molecule has 1 atom stereocenters. The number of hydrogen-bond donors (Lipinski definition) is 2. The van der Waals surface area contributed by atoms with Crippen LogP contribution in [0.15, 0.2) is 24.7 Å². The molecule has 0 bridgehead atoms. The van der Waals surface area contributed by atoms with Crippen LogP contribution in [-0.2, 0) is 6.18 Å². The van der Waals surface area contributed by atoms with Crippen molar-refractivity contribution in [2.75, 3.05) is 0 Å². The first-order chi connectivity index (χ1) is 12.8. The minimum Gasteiger partial charge on any atom is -0.340 e. The van der Waals surface area contributed by atoms with Crippen LogP contribution in [0.1, 0.15) is 46.6 Å². The Hall–Kier alpha value is -3.04. The van der Waals surface area contributed by atoms with Gasteiger partial charge in [0.15, 0.2) is 0 Å². The molecule has 0 saturated heterocycles. The summed E-state index contributed by atoms with van der Waals surface area (Å²) in [6.45, 7) is 1.76. The number of aromatic amines is 1. The third kappa shape index (κ3) is 3.60. The lowest BCUT2D eigenvalue weighted by Crippen LogP contribution is -2.31. The van der Waals surface area contributed by atoms with Gasteiger partial charge in [-0.2, -0.15) is 13.2 Å². The molecule has 7 nitrogen and oxygen atoms in total. The second kappa shape index (κ2) is 6.29. The van der Waals surface area contributed by atoms with E-state index in [0.29, 0.717) is 17.0 Å². The first kappa shape index (κ1) is 17.4. The molecule has 1 unspecified atom stereocenters. The van der Waals surface area contributed by atoms with Gasteiger partial charge >= 0.3 is 6.18 Å². The molecule has 0 radical (unpaired) electrons. The molecule has 0 spiro atoms. The topological polar surface area (TPSA) is 96.5 Å². The van der Waals surface area contributed by atoms with Crippen molar-refractivity contribution in [1.29, 1.82) is 0 Å². The van der Waals surface area contributed by atoms with Gasteiger partial charge in [0.05, 0.1) is 35.2 Å². The molecule has 1 saturated carbocycles. The SMILES string of the molecule is Cc1cnc(C(=O)NC(c2nc3cc(C(F)(F)F)ncc3[nH]2)C2CC2)cn1. The van der Waals surface area contributed by atoms with E-state index in [0.717, 1.165) is 25.1 Å². The Balaban J connectivity index is 1.62. The lowest BCUT2D eigenvalue weighted by atomic mass is 10.1. The lowest BCUT2D eigenvalue weighted by molar-refractivity contribution is -0.141. The van der Waals surface area contributed by atoms with Gasteiger partial charge in [-0.3, -0.25) is 9.78 Å². The summed E-state index contributed by atoms with van der Waals surface area (Å²) in [7, 11) is 0. The summed E-state index contributed by atoms with van der Waals surface area (Å²) < 4.78 is 38.5. The van der Waals surface area contributed by atoms with Crippen molar-refractivity contribution < 1.29 is 18.0 Å². The minimum absolute atomic E-state index is 0.155. The molecule has 1 amide bonds. The maximum absolute atomic E-state index is 12.8. The van der Waals surface area contributed by atoms with Crippen LogP contribution < -0.4 is 5.32 Å². The van der Waals surface area contributed by atoms with Crippen molar-refractivity contribution in [3.05, 3.63) is 47.6 Å². The highest BCUT2D eigenvalue weighted by molar-refractivity contribution is 5.92. The summed E-state index contributed by atoms with van der Waals surface area (Å²) in [4.78, 5) is 31.2. The average molecular weight is 376 g/mol. The van der Waals surface area contributed by atoms with Gasteiger partial charge in [0.1, 0.15) is 17.2 Å². The number of nitrogens with zero attached hydrogens (tertiary/aromatic N) is 4. The van der Waals surface area contributed by atoms with E-state index in [1.165, 1.54) is 12.4 Å². The minimum atomic E-state index is -4.54. The zero-order chi connectivity index (χ0) is 19.2. The number of H-pyrrole nitrogens is 1. The molecule has 4 rings (SSSR count). The van der Waals surface area contributed by atoms with E-state index < -0.39 is 23.8 Å². The largest absolute Gasteiger partial charge is 0.433 e. The summed E-state index contributed by atoms with van der Waals surface area (Å²) in [6.07, 6.45) is 1.23. The van der Waals surface area contributed by atoms with Crippen LogP contribution in [0, 0.1) is 12.8 Å². The number of aryl methyl sites for hydroxylation is 1. The molecule has 27 heavy (non-hydrogen) atoms. The van der Waals surface area contributed by atoms with E-state index in [-0.39, 0.29) is 17.1 Å². The standard InChI is InChI=1S/C17H15F3N6O/c1-8-5-22-12(7-21-8)16(27)26-14(9-2-3-9)15-24-10-4-13(17(18,19)20)23-6-11(10)25-15/h4-7,9,14H,2-3H2,1H3,(H,24,25)(H,26,27). The van der Waals surface area contributed by atoms with Crippen molar-refractivity contribution in [3.63, 3.8) is 0 Å². The Labute approximate surface area is 151 Å². The van der Waals surface area contributed by atoms with Gasteiger partial charge in [-0.15, -0.1) is 0 Å². The van der Waals surface area contributed by atoms with Crippen LogP contribution in [0.25, 0.3) is 11.0 Å². The molecule has 3 aromatic rings. The molecule has 10 heteroatoms. The first-order valence-corrected chi connectivity index (χ1v) is 8.33. The highest BCUT2D eigenvalue weighted by Crippen LogP contribution is 2.40. The molecule has 0 aromatic carbocycles. The third-order valence-corrected chi connectivity index (χ3v) is 4.36. The molecular formula is C17H15F3N6O. The highest BCUT2D eigenvalue weighted by Gasteiger charge is 2.37. The number of hydrogen-bond acceptors (Lipinski definition) is 5. The van der Waals surface area contributed by atoms with Gasteiger partial charge in [0, 0.05) is 6.20 Å². The molecule has 2 N–H and O–H groups in total. The van der Waals surface area contributed by atoms with Crippen LogP contribution in [0.4, 0.5) is 13.2 Å². The number of halogens is 3. The van der Waals surface area contributed by atoms with Crippen LogP contribution in [0.3, 0.4) is 0 Å². The monoisotopic (exact) mass is 376 g/mol. The number of rotatable bonds is 4. The van der Waals surface area contributed by atoms with Crippen molar-refractivity contribution in [2.24, 2.45) is 5.92 Å². The van der Waals surface area contributed by atoms with Gasteiger partial charge in [-0.05, 0) is 31.7 Å². The fourth-order valence-electron chi connectivity index (χ4n) is 2.80. The zero-order valence-electron chi connectivity index (χ0n) is 14.2. The number of nitrogens with one attached hydrogen (secondary N) is 2. The second-order valence-corrected chi connectivity index (χ2v) is 6.54. The average Bonchev–Trinajstić information content (AvgIpc) is 3.36. The van der Waals surface area contributed by atoms with E-state index in [9.17, 15) is 18.0 Å². The normalized spacial score (nSPS) is 15.7. The maximum atomic E-state index is 12.8. The number of alkyl halides is 3. The Kier molecular flexibility index (Phi) is 4.05. The highest BCUT2D eigenvalue weighted by atomic mass is 19.4. The number of aromatic nitrogens is 5. The summed E-state index contributed by atoms with van der Waals surface area (Å²) in [5, 5.41) is 2.86. The molecule has 1 fully saturated rings. The fourth-order valence-corrected chi connectivity index (χ4v) is 2.80. The van der Waals surface area contributed by atoms with E-state index in [1.54, 1.807) is 6.92 Å². The second-order valence-electron chi connectivity index (χ2n) is 6.54. The smallest absolute Gasteiger partial charge is 0.340 e. The Morgan fingerprint density at radius 2 is 2.00 bits per heavy atom. The Bertz CT molecular complexity index is 994. The molecule has 3 heterocycles. The number of imidazole rings is 1. The van der Waals surface area contributed by atoms with Crippen molar-refractivity contribution in [2.45, 2.75) is 32.0 Å². The van der Waals surface area contributed by atoms with E-state index >= 15 is 0 Å². The van der Waals surface area contributed by atoms with Crippen LogP contribution in [-0.4, -0.2) is 30.8 Å². The summed E-state index contributed by atoms with van der Waals surface area (Å²) in [5.74, 6) is 0.166. The molecule has 140 valence electrons. The third-order valence-electron chi connectivity index (χ3n) is 4.36. The lowest BCUT2D eigenvalue weighted by Gasteiger charge is -2.15. The predicted octanol–water partition coefficient (Wildman–Crippen LogP) is 2.96. The fraction of sp³-hybridized carbons (Fsp3) is 0.353. The predicted molar refractivity (Wildman–Crippen MR) is 88.6 cm³/mol. The number of carbonyl (C=O) groups is 1.